The summed E-state index contributed by atoms with van der Waals surface area (Å²) in [6.07, 6.45) is 1.71. The van der Waals surface area contributed by atoms with Crippen LogP contribution in [-0.2, 0) is 9.53 Å². The molecule has 0 atom stereocenters. The lowest BCUT2D eigenvalue weighted by Crippen LogP contribution is -2.50. The predicted molar refractivity (Wildman–Crippen MR) is 101 cm³/mol. The van der Waals surface area contributed by atoms with Crippen LogP contribution in [0, 0.1) is 10.1 Å². The second-order valence-electron chi connectivity index (χ2n) is 6.05. The molecular formula is C18H17ClN4O5. The molecule has 0 spiro atoms. The van der Waals surface area contributed by atoms with Gasteiger partial charge in [0.2, 0.25) is 0 Å². The number of hydrogen-bond acceptors (Lipinski definition) is 7. The molecule has 1 aromatic carbocycles. The quantitative estimate of drug-likeness (QED) is 0.427. The van der Waals surface area contributed by atoms with E-state index in [0.717, 1.165) is 18.0 Å². The number of hydrogen-bond donors (Lipinski definition) is 0. The maximum absolute atomic E-state index is 12.3. The van der Waals surface area contributed by atoms with Gasteiger partial charge in [-0.05, 0) is 24.3 Å². The average Bonchev–Trinajstić information content (AvgIpc) is 2.72. The van der Waals surface area contributed by atoms with E-state index in [0.29, 0.717) is 26.2 Å². The molecule has 28 heavy (non-hydrogen) atoms. The van der Waals surface area contributed by atoms with Gasteiger partial charge in [-0.25, -0.2) is 9.78 Å². The van der Waals surface area contributed by atoms with Crippen LogP contribution >= 0.6 is 11.6 Å². The summed E-state index contributed by atoms with van der Waals surface area (Å²) in [5.41, 5.74) is -0.712. The first kappa shape index (κ1) is 19.6. The molecule has 0 unspecified atom stereocenters. The van der Waals surface area contributed by atoms with Crippen molar-refractivity contribution in [3.05, 3.63) is 63.3 Å². The van der Waals surface area contributed by atoms with Crippen molar-refractivity contribution in [1.82, 2.24) is 9.88 Å². The zero-order chi connectivity index (χ0) is 20.1. The standard InChI is InChI=1S/C18H17ClN4O5/c19-13-4-5-15(23(26)27)14(11-13)18(25)28-12-17(24)22-9-7-21(8-10-22)16-3-1-2-6-20-16/h1-6,11H,7-10,12H2. The number of rotatable bonds is 5. The highest BCUT2D eigenvalue weighted by atomic mass is 35.5. The molecule has 3 rings (SSSR count). The molecule has 2 heterocycles. The maximum atomic E-state index is 12.3. The van der Waals surface area contributed by atoms with E-state index in [1.54, 1.807) is 11.1 Å². The fourth-order valence-electron chi connectivity index (χ4n) is 2.85. The van der Waals surface area contributed by atoms with Crippen molar-refractivity contribution in [3.8, 4) is 0 Å². The van der Waals surface area contributed by atoms with Gasteiger partial charge in [0, 0.05) is 43.5 Å². The van der Waals surface area contributed by atoms with Crippen LogP contribution < -0.4 is 4.90 Å². The van der Waals surface area contributed by atoms with Gasteiger partial charge in [0.05, 0.1) is 4.92 Å². The smallest absolute Gasteiger partial charge is 0.345 e. The number of nitro groups is 1. The number of nitro benzene ring substituents is 1. The van der Waals surface area contributed by atoms with Gasteiger partial charge in [0.15, 0.2) is 6.61 Å². The SMILES string of the molecule is O=C(OCC(=O)N1CCN(c2ccccn2)CC1)c1cc(Cl)ccc1[N+](=O)[O-]. The molecular weight excluding hydrogens is 388 g/mol. The Morgan fingerprint density at radius 3 is 2.57 bits per heavy atom. The predicted octanol–water partition coefficient (Wildman–Crippen LogP) is 2.15. The summed E-state index contributed by atoms with van der Waals surface area (Å²) >= 11 is 5.80. The summed E-state index contributed by atoms with van der Waals surface area (Å²) in [6.45, 7) is 1.65. The summed E-state index contributed by atoms with van der Waals surface area (Å²) in [4.78, 5) is 42.8. The highest BCUT2D eigenvalue weighted by Gasteiger charge is 2.25. The van der Waals surface area contributed by atoms with E-state index in [1.165, 1.54) is 6.07 Å². The number of nitrogens with zero attached hydrogens (tertiary/aromatic N) is 4. The van der Waals surface area contributed by atoms with Crippen LogP contribution in [-0.4, -0.2) is 59.5 Å². The van der Waals surface area contributed by atoms with Gasteiger partial charge in [-0.2, -0.15) is 0 Å². The Hall–Kier alpha value is -3.20. The number of pyridine rings is 1. The minimum atomic E-state index is -0.963. The number of anilines is 1. The van der Waals surface area contributed by atoms with Gasteiger partial charge in [-0.1, -0.05) is 17.7 Å². The van der Waals surface area contributed by atoms with Crippen LogP contribution in [0.1, 0.15) is 10.4 Å². The Morgan fingerprint density at radius 2 is 1.93 bits per heavy atom. The molecule has 1 amide bonds. The molecule has 1 aliphatic rings. The molecule has 9 nitrogen and oxygen atoms in total. The number of carbonyl (C=O) groups is 2. The lowest BCUT2D eigenvalue weighted by Gasteiger charge is -2.35. The minimum absolute atomic E-state index is 0.162. The number of carbonyl (C=O) groups excluding carboxylic acids is 2. The second kappa shape index (κ2) is 8.66. The zero-order valence-corrected chi connectivity index (χ0v) is 15.5. The molecule has 1 aromatic heterocycles. The minimum Gasteiger partial charge on any atom is -0.452 e. The highest BCUT2D eigenvalue weighted by molar-refractivity contribution is 6.31. The fraction of sp³-hybridized carbons (Fsp3) is 0.278. The van der Waals surface area contributed by atoms with E-state index in [-0.39, 0.29) is 16.5 Å². The van der Waals surface area contributed by atoms with Gasteiger partial charge in [-0.15, -0.1) is 0 Å². The van der Waals surface area contributed by atoms with Gasteiger partial charge in [-0.3, -0.25) is 14.9 Å². The first-order valence-corrected chi connectivity index (χ1v) is 8.88. The third-order valence-electron chi connectivity index (χ3n) is 4.31. The largest absolute Gasteiger partial charge is 0.452 e. The van der Waals surface area contributed by atoms with Gasteiger partial charge < -0.3 is 14.5 Å². The van der Waals surface area contributed by atoms with E-state index in [1.807, 2.05) is 18.2 Å². The van der Waals surface area contributed by atoms with Crippen molar-refractivity contribution in [2.24, 2.45) is 0 Å². The Kier molecular flexibility index (Phi) is 6.05. The average molecular weight is 405 g/mol. The molecule has 2 aromatic rings. The summed E-state index contributed by atoms with van der Waals surface area (Å²) in [7, 11) is 0. The molecule has 0 radical (unpaired) electrons. The molecule has 146 valence electrons. The first-order chi connectivity index (χ1) is 13.5. The molecule has 0 saturated carbocycles. The van der Waals surface area contributed by atoms with E-state index in [4.69, 9.17) is 16.3 Å². The van der Waals surface area contributed by atoms with Crippen molar-refractivity contribution in [2.45, 2.75) is 0 Å². The van der Waals surface area contributed by atoms with Crippen molar-refractivity contribution < 1.29 is 19.2 Å². The normalized spacial score (nSPS) is 13.9. The number of esters is 1. The third kappa shape index (κ3) is 4.55. The van der Waals surface area contributed by atoms with Crippen molar-refractivity contribution in [2.75, 3.05) is 37.7 Å². The number of amides is 1. The van der Waals surface area contributed by atoms with Crippen LogP contribution in [0.3, 0.4) is 0 Å². The van der Waals surface area contributed by atoms with E-state index < -0.39 is 23.2 Å². The van der Waals surface area contributed by atoms with Crippen molar-refractivity contribution >= 4 is 35.0 Å². The van der Waals surface area contributed by atoms with Gasteiger partial charge in [0.1, 0.15) is 11.4 Å². The number of benzene rings is 1. The molecule has 1 saturated heterocycles. The first-order valence-electron chi connectivity index (χ1n) is 8.50. The van der Waals surface area contributed by atoms with Crippen LogP contribution in [0.4, 0.5) is 11.5 Å². The topological polar surface area (TPSA) is 106 Å². The Morgan fingerprint density at radius 1 is 1.18 bits per heavy atom. The number of aromatic nitrogens is 1. The number of ether oxygens (including phenoxy) is 1. The third-order valence-corrected chi connectivity index (χ3v) is 4.54. The second-order valence-corrected chi connectivity index (χ2v) is 6.49. The van der Waals surface area contributed by atoms with Crippen LogP contribution in [0.5, 0.6) is 0 Å². The van der Waals surface area contributed by atoms with Crippen molar-refractivity contribution in [1.29, 1.82) is 0 Å². The molecule has 0 aliphatic carbocycles. The summed E-state index contributed by atoms with van der Waals surface area (Å²) in [5, 5.41) is 11.2. The Balaban J connectivity index is 1.54. The number of halogens is 1. The fourth-order valence-corrected chi connectivity index (χ4v) is 3.03. The van der Waals surface area contributed by atoms with Gasteiger partial charge >= 0.3 is 5.97 Å². The Labute approximate surface area is 165 Å². The van der Waals surface area contributed by atoms with E-state index >= 15 is 0 Å². The van der Waals surface area contributed by atoms with Crippen LogP contribution in [0.15, 0.2) is 42.6 Å². The molecule has 10 heteroatoms. The van der Waals surface area contributed by atoms with Crippen LogP contribution in [0.25, 0.3) is 0 Å². The van der Waals surface area contributed by atoms with Crippen molar-refractivity contribution in [3.63, 3.8) is 0 Å². The molecule has 1 fully saturated rings. The summed E-state index contributed by atoms with van der Waals surface area (Å²) in [5.74, 6) is -0.484. The van der Waals surface area contributed by atoms with E-state index in [2.05, 4.69) is 9.88 Å². The monoisotopic (exact) mass is 404 g/mol. The molecule has 0 bridgehead atoms. The molecule has 1 aliphatic heterocycles. The van der Waals surface area contributed by atoms with E-state index in [9.17, 15) is 19.7 Å². The van der Waals surface area contributed by atoms with Gasteiger partial charge in [0.25, 0.3) is 11.6 Å². The summed E-state index contributed by atoms with van der Waals surface area (Å²) < 4.78 is 4.98. The highest BCUT2D eigenvalue weighted by Crippen LogP contribution is 2.23. The number of piperazine rings is 1. The molecule has 0 N–H and O–H groups in total. The Bertz CT molecular complexity index is 885. The summed E-state index contributed by atoms with van der Waals surface area (Å²) in [6, 6.07) is 9.21. The van der Waals surface area contributed by atoms with Crippen LogP contribution in [0.2, 0.25) is 5.02 Å². The zero-order valence-electron chi connectivity index (χ0n) is 14.8. The lowest BCUT2D eigenvalue weighted by atomic mass is 10.2. The lowest BCUT2D eigenvalue weighted by molar-refractivity contribution is -0.385. The maximum Gasteiger partial charge on any atom is 0.345 e.